The number of anilines is 2. The van der Waals surface area contributed by atoms with E-state index in [0.29, 0.717) is 27.9 Å². The first kappa shape index (κ1) is 22.5. The maximum Gasteiger partial charge on any atom is 0.262 e. The van der Waals surface area contributed by atoms with Crippen molar-refractivity contribution >= 4 is 38.9 Å². The Bertz CT molecular complexity index is 1180. The molecule has 3 aromatic rings. The Hall–Kier alpha value is -3.23. The lowest BCUT2D eigenvalue weighted by Gasteiger charge is -2.11. The zero-order valence-corrected chi connectivity index (χ0v) is 18.5. The average Bonchev–Trinajstić information content (AvgIpc) is 2.74. The van der Waals surface area contributed by atoms with Crippen LogP contribution in [0.3, 0.4) is 0 Å². The van der Waals surface area contributed by atoms with Gasteiger partial charge in [-0.3, -0.25) is 9.52 Å². The number of carbonyl (C=O) groups excluding carboxylic acids is 1. The van der Waals surface area contributed by atoms with Crippen LogP contribution in [0.2, 0.25) is 5.02 Å². The normalized spacial score (nSPS) is 10.9. The highest BCUT2D eigenvalue weighted by Crippen LogP contribution is 2.23. The number of halogens is 1. The second kappa shape index (κ2) is 9.72. The summed E-state index contributed by atoms with van der Waals surface area (Å²) in [5.74, 6) is 0.557. The zero-order chi connectivity index (χ0) is 22.4. The van der Waals surface area contributed by atoms with E-state index in [-0.39, 0.29) is 17.4 Å². The molecule has 7 nitrogen and oxygen atoms in total. The van der Waals surface area contributed by atoms with Crippen LogP contribution in [-0.4, -0.2) is 28.0 Å². The Balaban J connectivity index is 1.59. The van der Waals surface area contributed by atoms with Gasteiger partial charge < -0.3 is 14.8 Å². The van der Waals surface area contributed by atoms with Gasteiger partial charge in [0.25, 0.3) is 15.9 Å². The number of rotatable bonds is 8. The molecule has 0 spiro atoms. The number of methoxy groups -OCH3 is 1. The monoisotopic (exact) mass is 460 g/mol. The summed E-state index contributed by atoms with van der Waals surface area (Å²) in [5, 5.41) is 3.33. The third-order valence-corrected chi connectivity index (χ3v) is 5.92. The number of ether oxygens (including phenoxy) is 2. The third-order valence-electron chi connectivity index (χ3n) is 4.29. The Morgan fingerprint density at radius 3 is 2.42 bits per heavy atom. The van der Waals surface area contributed by atoms with Crippen LogP contribution in [0.5, 0.6) is 11.5 Å². The molecule has 1 amide bonds. The van der Waals surface area contributed by atoms with E-state index in [0.717, 1.165) is 5.56 Å². The highest BCUT2D eigenvalue weighted by molar-refractivity contribution is 7.92. The van der Waals surface area contributed by atoms with Crippen LogP contribution >= 0.6 is 11.6 Å². The molecule has 0 unspecified atom stereocenters. The number of amides is 1. The Morgan fingerprint density at radius 1 is 1.00 bits per heavy atom. The number of carbonyl (C=O) groups is 1. The van der Waals surface area contributed by atoms with E-state index < -0.39 is 10.0 Å². The third kappa shape index (κ3) is 6.13. The summed E-state index contributed by atoms with van der Waals surface area (Å²) in [7, 11) is -2.28. The summed E-state index contributed by atoms with van der Waals surface area (Å²) in [6.07, 6.45) is 0. The predicted octanol–water partition coefficient (Wildman–Crippen LogP) is 4.48. The van der Waals surface area contributed by atoms with E-state index in [1.54, 1.807) is 42.5 Å². The number of aryl methyl sites for hydroxylation is 1. The smallest absolute Gasteiger partial charge is 0.262 e. The average molecular weight is 461 g/mol. The fourth-order valence-corrected chi connectivity index (χ4v) is 3.99. The van der Waals surface area contributed by atoms with Crippen molar-refractivity contribution in [2.75, 3.05) is 23.8 Å². The van der Waals surface area contributed by atoms with Crippen LogP contribution in [0.1, 0.15) is 5.56 Å². The minimum atomic E-state index is -3.79. The maximum absolute atomic E-state index is 12.6. The van der Waals surface area contributed by atoms with Gasteiger partial charge in [0.15, 0.2) is 6.61 Å². The van der Waals surface area contributed by atoms with Gasteiger partial charge in [-0.15, -0.1) is 0 Å². The Morgan fingerprint density at radius 2 is 1.74 bits per heavy atom. The molecule has 0 aliphatic heterocycles. The molecule has 3 rings (SSSR count). The van der Waals surface area contributed by atoms with Crippen molar-refractivity contribution in [2.24, 2.45) is 0 Å². The molecule has 0 heterocycles. The SMILES string of the molecule is COc1cccc(NS(=O)(=O)c2ccc(OCC(=O)Nc3ccc(Cl)cc3C)cc2)c1. The van der Waals surface area contributed by atoms with Crippen LogP contribution in [0.15, 0.2) is 71.6 Å². The predicted molar refractivity (Wildman–Crippen MR) is 121 cm³/mol. The number of benzene rings is 3. The molecule has 0 fully saturated rings. The summed E-state index contributed by atoms with van der Waals surface area (Å²) in [6, 6.07) is 17.5. The van der Waals surface area contributed by atoms with Crippen molar-refractivity contribution in [3.05, 3.63) is 77.3 Å². The first-order valence-corrected chi connectivity index (χ1v) is 11.1. The van der Waals surface area contributed by atoms with Crippen LogP contribution in [0.4, 0.5) is 11.4 Å². The standard InChI is InChI=1S/C22H21ClN2O5S/c1-15-12-16(23)6-11-21(15)24-22(26)14-30-18-7-9-20(10-8-18)31(27,28)25-17-4-3-5-19(13-17)29-2/h3-13,25H,14H2,1-2H3,(H,24,26). The number of hydrogen-bond donors (Lipinski definition) is 2. The lowest BCUT2D eigenvalue weighted by atomic mass is 10.2. The van der Waals surface area contributed by atoms with Crippen molar-refractivity contribution in [1.29, 1.82) is 0 Å². The lowest BCUT2D eigenvalue weighted by Crippen LogP contribution is -2.20. The van der Waals surface area contributed by atoms with Gasteiger partial charge in [0.1, 0.15) is 11.5 Å². The minimum Gasteiger partial charge on any atom is -0.497 e. The van der Waals surface area contributed by atoms with Crippen LogP contribution in [0, 0.1) is 6.92 Å². The molecule has 3 aromatic carbocycles. The highest BCUT2D eigenvalue weighted by Gasteiger charge is 2.15. The van der Waals surface area contributed by atoms with Crippen molar-refractivity contribution in [2.45, 2.75) is 11.8 Å². The molecule has 0 bridgehead atoms. The second-order valence-electron chi connectivity index (χ2n) is 6.60. The van der Waals surface area contributed by atoms with Gasteiger partial charge in [-0.05, 0) is 67.1 Å². The molecule has 0 saturated heterocycles. The molecule has 0 aliphatic rings. The summed E-state index contributed by atoms with van der Waals surface area (Å²) in [4.78, 5) is 12.2. The largest absolute Gasteiger partial charge is 0.497 e. The molecular formula is C22H21ClN2O5S. The molecule has 0 atom stereocenters. The maximum atomic E-state index is 12.6. The molecule has 31 heavy (non-hydrogen) atoms. The van der Waals surface area contributed by atoms with Gasteiger partial charge in [-0.25, -0.2) is 8.42 Å². The second-order valence-corrected chi connectivity index (χ2v) is 8.72. The van der Waals surface area contributed by atoms with E-state index >= 15 is 0 Å². The van der Waals surface area contributed by atoms with Gasteiger partial charge in [-0.1, -0.05) is 17.7 Å². The fraction of sp³-hybridized carbons (Fsp3) is 0.136. The van der Waals surface area contributed by atoms with E-state index in [4.69, 9.17) is 21.1 Å². The van der Waals surface area contributed by atoms with Crippen molar-refractivity contribution in [1.82, 2.24) is 0 Å². The van der Waals surface area contributed by atoms with E-state index in [2.05, 4.69) is 10.0 Å². The summed E-state index contributed by atoms with van der Waals surface area (Å²) >= 11 is 5.91. The van der Waals surface area contributed by atoms with Gasteiger partial charge >= 0.3 is 0 Å². The minimum absolute atomic E-state index is 0.0592. The van der Waals surface area contributed by atoms with Crippen LogP contribution in [-0.2, 0) is 14.8 Å². The molecule has 0 aromatic heterocycles. The molecular weight excluding hydrogens is 440 g/mol. The topological polar surface area (TPSA) is 93.7 Å². The Labute approximate surface area is 186 Å². The molecule has 9 heteroatoms. The van der Waals surface area contributed by atoms with Gasteiger partial charge in [0.2, 0.25) is 0 Å². The van der Waals surface area contributed by atoms with Gasteiger partial charge in [0.05, 0.1) is 17.7 Å². The lowest BCUT2D eigenvalue weighted by molar-refractivity contribution is -0.118. The van der Waals surface area contributed by atoms with Crippen molar-refractivity contribution in [3.63, 3.8) is 0 Å². The zero-order valence-electron chi connectivity index (χ0n) is 16.9. The van der Waals surface area contributed by atoms with E-state index in [9.17, 15) is 13.2 Å². The summed E-state index contributed by atoms with van der Waals surface area (Å²) in [5.41, 5.74) is 1.86. The quantitative estimate of drug-likeness (QED) is 0.517. The fourth-order valence-electron chi connectivity index (χ4n) is 2.72. The van der Waals surface area contributed by atoms with E-state index in [1.165, 1.54) is 31.4 Å². The number of nitrogens with one attached hydrogen (secondary N) is 2. The van der Waals surface area contributed by atoms with Crippen LogP contribution in [0.25, 0.3) is 0 Å². The Kier molecular flexibility index (Phi) is 7.04. The van der Waals surface area contributed by atoms with Crippen LogP contribution < -0.4 is 19.5 Å². The molecule has 0 saturated carbocycles. The summed E-state index contributed by atoms with van der Waals surface area (Å²) < 4.78 is 38.2. The van der Waals surface area contributed by atoms with Crippen molar-refractivity contribution in [3.8, 4) is 11.5 Å². The number of sulfonamides is 1. The van der Waals surface area contributed by atoms with Gasteiger partial charge in [-0.2, -0.15) is 0 Å². The number of hydrogen-bond acceptors (Lipinski definition) is 5. The van der Waals surface area contributed by atoms with Gasteiger partial charge in [0, 0.05) is 16.8 Å². The molecule has 2 N–H and O–H groups in total. The highest BCUT2D eigenvalue weighted by atomic mass is 35.5. The van der Waals surface area contributed by atoms with E-state index in [1.807, 2.05) is 6.92 Å². The molecule has 0 radical (unpaired) electrons. The first-order valence-electron chi connectivity index (χ1n) is 9.22. The first-order chi connectivity index (χ1) is 14.8. The molecule has 162 valence electrons. The summed E-state index contributed by atoms with van der Waals surface area (Å²) in [6.45, 7) is 1.61. The molecule has 0 aliphatic carbocycles. The van der Waals surface area contributed by atoms with Crippen molar-refractivity contribution < 1.29 is 22.7 Å².